The zero-order chi connectivity index (χ0) is 23.6. The molecule has 2 N–H and O–H groups in total. The third-order valence-electron chi connectivity index (χ3n) is 6.62. The summed E-state index contributed by atoms with van der Waals surface area (Å²) in [6.07, 6.45) is 9.80. The van der Waals surface area contributed by atoms with E-state index in [0.717, 1.165) is 31.4 Å². The van der Waals surface area contributed by atoms with E-state index < -0.39 is 6.04 Å². The molecule has 7 nitrogen and oxygen atoms in total. The standard InChI is InChI=1S/C25H37N3O4S/c1-32-22-13-7-6-12-20(22)24(30)27-21(14-16-33-2)25(31)28-15-8-9-18(17-28)23(29)26-19-10-4-3-5-11-19/h6-7,12-13,18-19,21H,3-5,8-11,14-17H2,1-2H3,(H,26,29)(H,27,30). The molecule has 0 radical (unpaired) electrons. The smallest absolute Gasteiger partial charge is 0.255 e. The van der Waals surface area contributed by atoms with Gasteiger partial charge < -0.3 is 20.3 Å². The van der Waals surface area contributed by atoms with Crippen LogP contribution in [-0.4, -0.2) is 66.9 Å². The molecular formula is C25H37N3O4S. The predicted molar refractivity (Wildman–Crippen MR) is 132 cm³/mol. The summed E-state index contributed by atoms with van der Waals surface area (Å²) in [5.74, 6) is 0.678. The molecule has 2 atom stereocenters. The van der Waals surface area contributed by atoms with E-state index in [1.165, 1.54) is 26.4 Å². The lowest BCUT2D eigenvalue weighted by atomic mass is 9.92. The van der Waals surface area contributed by atoms with Crippen LogP contribution >= 0.6 is 11.8 Å². The number of amides is 3. The molecule has 1 heterocycles. The first-order chi connectivity index (χ1) is 16.0. The number of thioether (sulfide) groups is 1. The van der Waals surface area contributed by atoms with Crippen molar-refractivity contribution in [3.8, 4) is 5.75 Å². The van der Waals surface area contributed by atoms with Crippen LogP contribution in [0.5, 0.6) is 5.75 Å². The van der Waals surface area contributed by atoms with E-state index >= 15 is 0 Å². The van der Waals surface area contributed by atoms with Crippen LogP contribution in [-0.2, 0) is 9.59 Å². The van der Waals surface area contributed by atoms with Gasteiger partial charge in [-0.05, 0) is 56.2 Å². The van der Waals surface area contributed by atoms with Crippen LogP contribution in [0.15, 0.2) is 24.3 Å². The quantitative estimate of drug-likeness (QED) is 0.573. The summed E-state index contributed by atoms with van der Waals surface area (Å²) in [5, 5.41) is 6.14. The Labute approximate surface area is 201 Å². The minimum atomic E-state index is -0.630. The number of nitrogens with zero attached hydrogens (tertiary/aromatic N) is 1. The molecule has 1 saturated heterocycles. The van der Waals surface area contributed by atoms with Crippen LogP contribution in [0.25, 0.3) is 0 Å². The van der Waals surface area contributed by atoms with Crippen molar-refractivity contribution in [2.75, 3.05) is 32.2 Å². The topological polar surface area (TPSA) is 87.7 Å². The average molecular weight is 476 g/mol. The summed E-state index contributed by atoms with van der Waals surface area (Å²) in [5.41, 5.74) is 0.408. The van der Waals surface area contributed by atoms with E-state index in [2.05, 4.69) is 10.6 Å². The fourth-order valence-corrected chi connectivity index (χ4v) is 5.21. The second-order valence-electron chi connectivity index (χ2n) is 8.97. The molecule has 0 aromatic heterocycles. The van der Waals surface area contributed by atoms with Gasteiger partial charge in [0.25, 0.3) is 5.91 Å². The zero-order valence-electron chi connectivity index (χ0n) is 19.8. The van der Waals surface area contributed by atoms with E-state index in [1.54, 1.807) is 40.9 Å². The first-order valence-electron chi connectivity index (χ1n) is 12.1. The van der Waals surface area contributed by atoms with Gasteiger partial charge in [-0.3, -0.25) is 14.4 Å². The largest absolute Gasteiger partial charge is 0.496 e. The zero-order valence-corrected chi connectivity index (χ0v) is 20.6. The Bertz CT molecular complexity index is 813. The number of nitrogens with one attached hydrogen (secondary N) is 2. The van der Waals surface area contributed by atoms with E-state index in [4.69, 9.17) is 4.74 Å². The van der Waals surface area contributed by atoms with Gasteiger partial charge in [0.15, 0.2) is 0 Å². The van der Waals surface area contributed by atoms with Crippen molar-refractivity contribution < 1.29 is 19.1 Å². The first kappa shape index (κ1) is 25.4. The monoisotopic (exact) mass is 475 g/mol. The molecule has 2 unspecified atom stereocenters. The van der Waals surface area contributed by atoms with Crippen LogP contribution in [0, 0.1) is 5.92 Å². The Morgan fingerprint density at radius 2 is 1.88 bits per heavy atom. The van der Waals surface area contributed by atoms with Crippen molar-refractivity contribution >= 4 is 29.5 Å². The maximum atomic E-state index is 13.4. The number of benzene rings is 1. The van der Waals surface area contributed by atoms with Crippen LogP contribution in [0.1, 0.15) is 61.7 Å². The summed E-state index contributed by atoms with van der Waals surface area (Å²) in [6, 6.07) is 6.64. The number of likely N-dealkylation sites (tertiary alicyclic amines) is 1. The highest BCUT2D eigenvalue weighted by atomic mass is 32.2. The molecule has 0 bridgehead atoms. The van der Waals surface area contributed by atoms with Gasteiger partial charge in [-0.25, -0.2) is 0 Å². The van der Waals surface area contributed by atoms with Gasteiger partial charge in [0.2, 0.25) is 11.8 Å². The van der Waals surface area contributed by atoms with Crippen molar-refractivity contribution in [1.82, 2.24) is 15.5 Å². The summed E-state index contributed by atoms with van der Waals surface area (Å²) in [4.78, 5) is 41.0. The maximum Gasteiger partial charge on any atom is 0.255 e. The van der Waals surface area contributed by atoms with Crippen LogP contribution < -0.4 is 15.4 Å². The average Bonchev–Trinajstić information content (AvgIpc) is 2.86. The second kappa shape index (κ2) is 12.9. The second-order valence-corrected chi connectivity index (χ2v) is 9.96. The van der Waals surface area contributed by atoms with Crippen LogP contribution in [0.3, 0.4) is 0 Å². The minimum Gasteiger partial charge on any atom is -0.496 e. The number of rotatable bonds is 9. The lowest BCUT2D eigenvalue weighted by Gasteiger charge is -2.35. The number of carbonyl (C=O) groups excluding carboxylic acids is 3. The summed E-state index contributed by atoms with van der Waals surface area (Å²) in [7, 11) is 1.52. The molecule has 1 aromatic rings. The molecule has 2 aliphatic rings. The third kappa shape index (κ3) is 7.13. The Balaban J connectivity index is 1.63. The van der Waals surface area contributed by atoms with E-state index in [1.807, 2.05) is 6.26 Å². The van der Waals surface area contributed by atoms with Gasteiger partial charge in [0, 0.05) is 19.1 Å². The van der Waals surface area contributed by atoms with Gasteiger partial charge in [-0.1, -0.05) is 31.4 Å². The third-order valence-corrected chi connectivity index (χ3v) is 7.27. The first-order valence-corrected chi connectivity index (χ1v) is 13.4. The van der Waals surface area contributed by atoms with Gasteiger partial charge in [-0.15, -0.1) is 0 Å². The van der Waals surface area contributed by atoms with Gasteiger partial charge in [0.05, 0.1) is 18.6 Å². The molecular weight excluding hydrogens is 438 g/mol. The van der Waals surface area contributed by atoms with E-state index in [0.29, 0.717) is 30.8 Å². The Morgan fingerprint density at radius 3 is 2.61 bits per heavy atom. The molecule has 1 aliphatic carbocycles. The molecule has 3 rings (SSSR count). The molecule has 33 heavy (non-hydrogen) atoms. The summed E-state index contributed by atoms with van der Waals surface area (Å²) in [6.45, 7) is 1.03. The van der Waals surface area contributed by atoms with E-state index in [9.17, 15) is 14.4 Å². The highest BCUT2D eigenvalue weighted by molar-refractivity contribution is 7.98. The lowest BCUT2D eigenvalue weighted by molar-refractivity contribution is -0.137. The summed E-state index contributed by atoms with van der Waals surface area (Å²) >= 11 is 1.64. The minimum absolute atomic E-state index is 0.0677. The van der Waals surface area contributed by atoms with Crippen molar-refractivity contribution in [3.05, 3.63) is 29.8 Å². The predicted octanol–water partition coefficient (Wildman–Crippen LogP) is 3.23. The van der Waals surface area contributed by atoms with Crippen molar-refractivity contribution in [1.29, 1.82) is 0 Å². The number of hydrogen-bond donors (Lipinski definition) is 2. The Kier molecular flexibility index (Phi) is 9.91. The number of piperidine rings is 1. The molecule has 1 aliphatic heterocycles. The van der Waals surface area contributed by atoms with Gasteiger partial charge in [0.1, 0.15) is 11.8 Å². The summed E-state index contributed by atoms with van der Waals surface area (Å²) < 4.78 is 5.30. The van der Waals surface area contributed by atoms with Crippen LogP contribution in [0.4, 0.5) is 0 Å². The highest BCUT2D eigenvalue weighted by Gasteiger charge is 2.33. The Hall–Kier alpha value is -2.22. The number of methoxy groups -OCH3 is 1. The lowest BCUT2D eigenvalue weighted by Crippen LogP contribution is -2.53. The van der Waals surface area contributed by atoms with Crippen LogP contribution in [0.2, 0.25) is 0 Å². The van der Waals surface area contributed by atoms with Crippen molar-refractivity contribution in [3.63, 3.8) is 0 Å². The van der Waals surface area contributed by atoms with Crippen molar-refractivity contribution in [2.45, 2.75) is 63.5 Å². The molecule has 0 spiro atoms. The van der Waals surface area contributed by atoms with Crippen molar-refractivity contribution in [2.24, 2.45) is 5.92 Å². The molecule has 1 aromatic carbocycles. The number of hydrogen-bond acceptors (Lipinski definition) is 5. The van der Waals surface area contributed by atoms with Gasteiger partial charge >= 0.3 is 0 Å². The molecule has 8 heteroatoms. The molecule has 1 saturated carbocycles. The Morgan fingerprint density at radius 1 is 1.12 bits per heavy atom. The maximum absolute atomic E-state index is 13.4. The number of para-hydroxylation sites is 1. The van der Waals surface area contributed by atoms with E-state index in [-0.39, 0.29) is 29.7 Å². The normalized spacial score (nSPS) is 20.1. The van der Waals surface area contributed by atoms with Gasteiger partial charge in [-0.2, -0.15) is 11.8 Å². The molecule has 182 valence electrons. The molecule has 3 amide bonds. The fraction of sp³-hybridized carbons (Fsp3) is 0.640. The highest BCUT2D eigenvalue weighted by Crippen LogP contribution is 2.22. The molecule has 2 fully saturated rings. The number of ether oxygens (including phenoxy) is 1. The fourth-order valence-electron chi connectivity index (χ4n) is 4.74. The number of carbonyl (C=O) groups is 3. The SMILES string of the molecule is COc1ccccc1C(=O)NC(CCSC)C(=O)N1CCCC(C(=O)NC2CCCCC2)C1.